The smallest absolute Gasteiger partial charge is 0.318 e. The van der Waals surface area contributed by atoms with Crippen LogP contribution in [-0.2, 0) is 0 Å². The summed E-state index contributed by atoms with van der Waals surface area (Å²) >= 11 is 0. The molecule has 2 N–H and O–H groups in total. The van der Waals surface area contributed by atoms with Gasteiger partial charge in [0.25, 0.3) is 0 Å². The molecule has 4 rings (SSSR count). The van der Waals surface area contributed by atoms with Crippen molar-refractivity contribution < 1.29 is 9.21 Å². The van der Waals surface area contributed by atoms with Crippen molar-refractivity contribution in [2.75, 3.05) is 36.0 Å². The van der Waals surface area contributed by atoms with E-state index < -0.39 is 5.91 Å². The fraction of sp³-hybridized carbons (Fsp3) is 0.438. The number of amides is 1. The highest BCUT2D eigenvalue weighted by molar-refractivity contribution is 5.93. The van der Waals surface area contributed by atoms with Gasteiger partial charge >= 0.3 is 6.01 Å². The molecule has 1 aromatic carbocycles. The molecule has 1 saturated carbocycles. The van der Waals surface area contributed by atoms with E-state index in [1.54, 1.807) is 12.1 Å². The van der Waals surface area contributed by atoms with Crippen LogP contribution in [0, 0.1) is 0 Å². The zero-order valence-electron chi connectivity index (χ0n) is 12.8. The summed E-state index contributed by atoms with van der Waals surface area (Å²) < 4.78 is 5.76. The second kappa shape index (κ2) is 5.57. The highest BCUT2D eigenvalue weighted by atomic mass is 16.4. The highest BCUT2D eigenvalue weighted by Gasteiger charge is 2.30. The van der Waals surface area contributed by atoms with Crippen LogP contribution in [0.25, 0.3) is 0 Å². The highest BCUT2D eigenvalue weighted by Crippen LogP contribution is 2.39. The summed E-state index contributed by atoms with van der Waals surface area (Å²) in [5.41, 5.74) is 6.90. The number of anilines is 2. The lowest BCUT2D eigenvalue weighted by Gasteiger charge is -2.35. The molecule has 7 heteroatoms. The number of aromatic nitrogens is 2. The first-order valence-corrected chi connectivity index (χ1v) is 7.94. The molecule has 7 nitrogen and oxygen atoms in total. The van der Waals surface area contributed by atoms with E-state index in [-0.39, 0.29) is 0 Å². The maximum Gasteiger partial charge on any atom is 0.318 e. The summed E-state index contributed by atoms with van der Waals surface area (Å²) in [6.45, 7) is 3.42. The number of hydrogen-bond acceptors (Lipinski definition) is 6. The second-order valence-electron chi connectivity index (χ2n) is 6.08. The van der Waals surface area contributed by atoms with E-state index in [1.165, 1.54) is 0 Å². The van der Waals surface area contributed by atoms with E-state index >= 15 is 0 Å². The van der Waals surface area contributed by atoms with Gasteiger partial charge in [-0.3, -0.25) is 4.79 Å². The minimum atomic E-state index is -0.399. The summed E-state index contributed by atoms with van der Waals surface area (Å²) in [4.78, 5) is 15.5. The number of rotatable bonds is 4. The molecule has 1 saturated heterocycles. The molecule has 23 heavy (non-hydrogen) atoms. The van der Waals surface area contributed by atoms with E-state index in [9.17, 15) is 4.79 Å². The zero-order chi connectivity index (χ0) is 15.8. The minimum absolute atomic E-state index is 0.399. The fourth-order valence-electron chi connectivity index (χ4n) is 2.84. The number of carbonyl (C=O) groups excluding carboxylic acids is 1. The third-order valence-corrected chi connectivity index (χ3v) is 4.42. The van der Waals surface area contributed by atoms with Crippen molar-refractivity contribution in [1.29, 1.82) is 0 Å². The summed E-state index contributed by atoms with van der Waals surface area (Å²) in [7, 11) is 0. The Morgan fingerprint density at radius 1 is 1.04 bits per heavy atom. The van der Waals surface area contributed by atoms with Crippen LogP contribution in [0.2, 0.25) is 0 Å². The Morgan fingerprint density at radius 2 is 1.70 bits per heavy atom. The van der Waals surface area contributed by atoms with Crippen LogP contribution in [-0.4, -0.2) is 42.3 Å². The molecular formula is C16H19N5O2. The first kappa shape index (κ1) is 14.0. The van der Waals surface area contributed by atoms with E-state index in [4.69, 9.17) is 10.2 Å². The van der Waals surface area contributed by atoms with Crippen LogP contribution in [0.1, 0.15) is 35.0 Å². The predicted molar refractivity (Wildman–Crippen MR) is 85.7 cm³/mol. The van der Waals surface area contributed by atoms with Crippen molar-refractivity contribution >= 4 is 17.6 Å². The van der Waals surface area contributed by atoms with Gasteiger partial charge in [0.15, 0.2) is 0 Å². The Labute approximate surface area is 134 Å². The number of primary amides is 1. The maximum absolute atomic E-state index is 11.1. The summed E-state index contributed by atoms with van der Waals surface area (Å²) in [6, 6.07) is 8.05. The molecule has 1 aliphatic heterocycles. The molecule has 1 aromatic heterocycles. The largest absolute Gasteiger partial charge is 0.408 e. The van der Waals surface area contributed by atoms with Gasteiger partial charge in [0.1, 0.15) is 0 Å². The van der Waals surface area contributed by atoms with Gasteiger partial charge in [-0.25, -0.2) is 0 Å². The lowest BCUT2D eigenvalue weighted by atomic mass is 10.1. The third kappa shape index (κ3) is 2.86. The Balaban J connectivity index is 1.38. The van der Waals surface area contributed by atoms with Crippen LogP contribution in [0.5, 0.6) is 0 Å². The molecule has 0 unspecified atom stereocenters. The summed E-state index contributed by atoms with van der Waals surface area (Å²) in [6.07, 6.45) is 2.33. The lowest BCUT2D eigenvalue weighted by Crippen LogP contribution is -2.46. The van der Waals surface area contributed by atoms with Gasteiger partial charge in [0, 0.05) is 43.3 Å². The van der Waals surface area contributed by atoms with E-state index in [1.807, 2.05) is 12.1 Å². The number of piperazine rings is 1. The number of benzene rings is 1. The normalized spacial score (nSPS) is 18.3. The topological polar surface area (TPSA) is 88.5 Å². The fourth-order valence-corrected chi connectivity index (χ4v) is 2.84. The van der Waals surface area contributed by atoms with Gasteiger partial charge < -0.3 is 20.0 Å². The SMILES string of the molecule is NC(=O)c1ccc(N2CCN(c3nnc(C4CC4)o3)CC2)cc1. The number of nitrogens with two attached hydrogens (primary N) is 1. The molecule has 0 atom stereocenters. The van der Waals surface area contributed by atoms with Crippen LogP contribution in [0.3, 0.4) is 0 Å². The van der Waals surface area contributed by atoms with Crippen LogP contribution >= 0.6 is 0 Å². The predicted octanol–water partition coefficient (Wildman–Crippen LogP) is 1.37. The van der Waals surface area contributed by atoms with Gasteiger partial charge in [-0.05, 0) is 37.1 Å². The number of nitrogens with zero attached hydrogens (tertiary/aromatic N) is 4. The Morgan fingerprint density at radius 3 is 2.30 bits per heavy atom. The average molecular weight is 313 g/mol. The van der Waals surface area contributed by atoms with Crippen molar-refractivity contribution in [3.63, 3.8) is 0 Å². The number of carbonyl (C=O) groups is 1. The number of hydrogen-bond donors (Lipinski definition) is 1. The maximum atomic E-state index is 11.1. The monoisotopic (exact) mass is 313 g/mol. The Hall–Kier alpha value is -2.57. The van der Waals surface area contributed by atoms with Crippen molar-refractivity contribution in [2.24, 2.45) is 5.73 Å². The van der Waals surface area contributed by atoms with Gasteiger partial charge in [-0.2, -0.15) is 0 Å². The average Bonchev–Trinajstić information content (AvgIpc) is 3.32. The molecule has 2 fully saturated rings. The van der Waals surface area contributed by atoms with Gasteiger partial charge in [-0.1, -0.05) is 5.10 Å². The molecule has 1 aliphatic carbocycles. The molecule has 2 aliphatic rings. The molecule has 2 heterocycles. The quantitative estimate of drug-likeness (QED) is 0.917. The van der Waals surface area contributed by atoms with E-state index in [0.717, 1.165) is 50.6 Å². The summed E-state index contributed by atoms with van der Waals surface area (Å²) in [5, 5.41) is 8.31. The molecular weight excluding hydrogens is 294 g/mol. The van der Waals surface area contributed by atoms with E-state index in [0.29, 0.717) is 17.5 Å². The standard InChI is InChI=1S/C16H19N5O2/c17-14(22)11-3-5-13(6-4-11)20-7-9-21(10-8-20)16-19-18-15(23-16)12-1-2-12/h3-6,12H,1-2,7-10H2,(H2,17,22). The van der Waals surface area contributed by atoms with Crippen molar-refractivity contribution in [3.8, 4) is 0 Å². The zero-order valence-corrected chi connectivity index (χ0v) is 12.8. The van der Waals surface area contributed by atoms with Gasteiger partial charge in [-0.15, -0.1) is 5.10 Å². The van der Waals surface area contributed by atoms with Crippen LogP contribution in [0.15, 0.2) is 28.7 Å². The van der Waals surface area contributed by atoms with Gasteiger partial charge in [0.05, 0.1) is 0 Å². The first-order chi connectivity index (χ1) is 11.2. The van der Waals surface area contributed by atoms with Crippen molar-refractivity contribution in [3.05, 3.63) is 35.7 Å². The third-order valence-electron chi connectivity index (χ3n) is 4.42. The molecule has 120 valence electrons. The molecule has 0 spiro atoms. The van der Waals surface area contributed by atoms with Crippen molar-refractivity contribution in [1.82, 2.24) is 10.2 Å². The lowest BCUT2D eigenvalue weighted by molar-refractivity contribution is 0.100. The second-order valence-corrected chi connectivity index (χ2v) is 6.08. The molecule has 0 radical (unpaired) electrons. The first-order valence-electron chi connectivity index (χ1n) is 7.94. The van der Waals surface area contributed by atoms with Crippen LogP contribution < -0.4 is 15.5 Å². The van der Waals surface area contributed by atoms with Crippen LogP contribution in [0.4, 0.5) is 11.7 Å². The summed E-state index contributed by atoms with van der Waals surface area (Å²) in [5.74, 6) is 0.870. The van der Waals surface area contributed by atoms with Crippen molar-refractivity contribution in [2.45, 2.75) is 18.8 Å². The molecule has 0 bridgehead atoms. The molecule has 2 aromatic rings. The van der Waals surface area contributed by atoms with E-state index in [2.05, 4.69) is 20.0 Å². The Kier molecular flexibility index (Phi) is 3.40. The Bertz CT molecular complexity index is 700. The van der Waals surface area contributed by atoms with Gasteiger partial charge in [0.2, 0.25) is 11.8 Å². The minimum Gasteiger partial charge on any atom is -0.408 e. The molecule has 1 amide bonds.